The third kappa shape index (κ3) is 1.74. The molecule has 0 saturated carbocycles. The first-order chi connectivity index (χ1) is 4.43. The second kappa shape index (κ2) is 3.10. The van der Waals surface area contributed by atoms with E-state index < -0.39 is 0 Å². The molecule has 0 spiro atoms. The van der Waals surface area contributed by atoms with Crippen LogP contribution in [-0.2, 0) is 5.11 Å². The molecule has 0 bridgehead atoms. The third-order valence-electron chi connectivity index (χ3n) is 0.999. The molecule has 1 aromatic rings. The van der Waals surface area contributed by atoms with Crippen molar-refractivity contribution in [3.8, 4) is 0 Å². The summed E-state index contributed by atoms with van der Waals surface area (Å²) < 4.78 is 0. The summed E-state index contributed by atoms with van der Waals surface area (Å²) in [6, 6.07) is 9.29. The van der Waals surface area contributed by atoms with Gasteiger partial charge in [0.25, 0.3) is 0 Å². The van der Waals surface area contributed by atoms with Crippen LogP contribution in [-0.4, -0.2) is 0 Å². The van der Waals surface area contributed by atoms with E-state index in [1.807, 2.05) is 30.3 Å². The van der Waals surface area contributed by atoms with Crippen molar-refractivity contribution in [2.45, 2.75) is 0 Å². The fourth-order valence-corrected chi connectivity index (χ4v) is 0.602. The van der Waals surface area contributed by atoms with Crippen molar-refractivity contribution in [3.63, 3.8) is 0 Å². The highest BCUT2D eigenvalue weighted by molar-refractivity contribution is 5.42. The zero-order valence-electron chi connectivity index (χ0n) is 4.87. The van der Waals surface area contributed by atoms with Gasteiger partial charge in [0.15, 0.2) is 0 Å². The Morgan fingerprint density at radius 1 is 1.22 bits per heavy atom. The minimum absolute atomic E-state index is 0.662. The molecule has 0 aromatic heterocycles. The average molecular weight is 121 g/mol. The van der Waals surface area contributed by atoms with Gasteiger partial charge in [-0.3, -0.25) is 0 Å². The second-order valence-corrected chi connectivity index (χ2v) is 1.63. The van der Waals surface area contributed by atoms with Crippen LogP contribution in [0.25, 0.3) is 0 Å². The highest BCUT2D eigenvalue weighted by Gasteiger charge is 1.83. The van der Waals surface area contributed by atoms with Gasteiger partial charge in [-0.1, -0.05) is 18.2 Å². The molecule has 1 aromatic carbocycles. The normalized spacial score (nSPS) is 9.00. The smallest absolute Gasteiger partial charge is 0.210 e. The van der Waals surface area contributed by atoms with Gasteiger partial charge in [-0.15, -0.1) is 0 Å². The third-order valence-corrected chi connectivity index (χ3v) is 0.999. The largest absolute Gasteiger partial charge is 0.354 e. The van der Waals surface area contributed by atoms with E-state index >= 15 is 0 Å². The lowest BCUT2D eigenvalue weighted by molar-refractivity contribution is 0.292. The highest BCUT2D eigenvalue weighted by atomic mass is 16.3. The molecule has 0 aliphatic heterocycles. The van der Waals surface area contributed by atoms with Crippen LogP contribution in [0.15, 0.2) is 30.3 Å². The van der Waals surface area contributed by atoms with Crippen LogP contribution in [0.4, 0.5) is 5.69 Å². The van der Waals surface area contributed by atoms with Gasteiger partial charge >= 0.3 is 0 Å². The molecule has 0 aliphatic rings. The monoisotopic (exact) mass is 121 g/mol. The van der Waals surface area contributed by atoms with E-state index in [1.54, 1.807) is 0 Å². The molecule has 9 heavy (non-hydrogen) atoms. The van der Waals surface area contributed by atoms with Crippen LogP contribution in [0.3, 0.4) is 0 Å². The maximum atomic E-state index is 9.86. The van der Waals surface area contributed by atoms with Crippen LogP contribution in [0.2, 0.25) is 0 Å². The summed E-state index contributed by atoms with van der Waals surface area (Å²) in [7, 11) is 0. The summed E-state index contributed by atoms with van der Waals surface area (Å²) in [5.74, 6) is 0. The van der Waals surface area contributed by atoms with Crippen LogP contribution in [0.1, 0.15) is 0 Å². The number of hydrogen-bond acceptors (Lipinski definition) is 1. The van der Waals surface area contributed by atoms with E-state index in [-0.39, 0.29) is 0 Å². The van der Waals surface area contributed by atoms with Crippen LogP contribution in [0.5, 0.6) is 0 Å². The minimum Gasteiger partial charge on any atom is -0.354 e. The molecule has 0 unspecified atom stereocenters. The highest BCUT2D eigenvalue weighted by Crippen LogP contribution is 2.03. The first kappa shape index (κ1) is 6.11. The predicted molar refractivity (Wildman–Crippen MR) is 35.1 cm³/mol. The van der Waals surface area contributed by atoms with Gasteiger partial charge in [0.1, 0.15) is 0 Å². The van der Waals surface area contributed by atoms with E-state index in [0.717, 1.165) is 5.69 Å². The Morgan fingerprint density at radius 3 is 2.44 bits per heavy atom. The fourth-order valence-electron chi connectivity index (χ4n) is 0.602. The molecule has 46 valence electrons. The lowest BCUT2D eigenvalue weighted by Crippen LogP contribution is -1.89. The van der Waals surface area contributed by atoms with E-state index in [2.05, 4.69) is 5.32 Å². The molecule has 0 saturated heterocycles. The Kier molecular flexibility index (Phi) is 2.10. The molecule has 0 amide bonds. The molecule has 0 fully saturated rings. The molecule has 2 nitrogen and oxygen atoms in total. The molecule has 0 aliphatic carbocycles. The Hall–Kier alpha value is -1.02. The summed E-state index contributed by atoms with van der Waals surface area (Å²) in [6.45, 7) is 0.662. The maximum Gasteiger partial charge on any atom is 0.210 e. The van der Waals surface area contributed by atoms with Crippen LogP contribution in [0, 0.1) is 6.73 Å². The van der Waals surface area contributed by atoms with Gasteiger partial charge in [0.05, 0.1) is 0 Å². The van der Waals surface area contributed by atoms with Crippen LogP contribution < -0.4 is 5.32 Å². The quantitative estimate of drug-likeness (QED) is 0.633. The molecule has 2 heteroatoms. The SMILES string of the molecule is [O][CH]Nc1ccccc1. The minimum atomic E-state index is 0.662. The van der Waals surface area contributed by atoms with Gasteiger partial charge in [-0.25, -0.2) is 5.11 Å². The van der Waals surface area contributed by atoms with E-state index in [1.165, 1.54) is 0 Å². The number of nitrogens with one attached hydrogen (secondary N) is 1. The van der Waals surface area contributed by atoms with Gasteiger partial charge in [-0.2, -0.15) is 0 Å². The van der Waals surface area contributed by atoms with Crippen molar-refractivity contribution in [2.75, 3.05) is 5.32 Å². The standard InChI is InChI=1S/C7H7NO/c9-6-8-7-4-2-1-3-5-7/h1-6,8H. The lowest BCUT2D eigenvalue weighted by atomic mass is 10.3. The summed E-state index contributed by atoms with van der Waals surface area (Å²) in [5, 5.41) is 12.4. The lowest BCUT2D eigenvalue weighted by Gasteiger charge is -1.96. The maximum absolute atomic E-state index is 9.86. The summed E-state index contributed by atoms with van der Waals surface area (Å²) in [4.78, 5) is 0. The molecular weight excluding hydrogens is 114 g/mol. The van der Waals surface area contributed by atoms with Crippen molar-refractivity contribution >= 4 is 5.69 Å². The van der Waals surface area contributed by atoms with E-state index in [0.29, 0.717) is 6.73 Å². The first-order valence-corrected chi connectivity index (χ1v) is 2.69. The average Bonchev–Trinajstić information content (AvgIpc) is 1.91. The van der Waals surface area contributed by atoms with E-state index in [9.17, 15) is 5.11 Å². The van der Waals surface area contributed by atoms with Gasteiger partial charge in [0, 0.05) is 5.69 Å². The summed E-state index contributed by atoms with van der Waals surface area (Å²) in [5.41, 5.74) is 0.826. The Bertz CT molecular complexity index is 162. The summed E-state index contributed by atoms with van der Waals surface area (Å²) >= 11 is 0. The summed E-state index contributed by atoms with van der Waals surface area (Å²) in [6.07, 6.45) is 0. The molecule has 1 N–H and O–H groups in total. The van der Waals surface area contributed by atoms with Crippen LogP contribution >= 0.6 is 0 Å². The fraction of sp³-hybridized carbons (Fsp3) is 0. The second-order valence-electron chi connectivity index (χ2n) is 1.63. The van der Waals surface area contributed by atoms with Gasteiger partial charge < -0.3 is 5.32 Å². The number of hydrogen-bond donors (Lipinski definition) is 1. The Morgan fingerprint density at radius 2 is 1.89 bits per heavy atom. The van der Waals surface area contributed by atoms with Gasteiger partial charge in [-0.05, 0) is 12.1 Å². The topological polar surface area (TPSA) is 31.9 Å². The molecule has 0 atom stereocenters. The number of para-hydroxylation sites is 1. The number of benzene rings is 1. The molecule has 1 rings (SSSR count). The molecular formula is C7H7NO. The Balaban J connectivity index is 2.61. The zero-order chi connectivity index (χ0) is 6.53. The number of rotatable bonds is 2. The number of anilines is 1. The van der Waals surface area contributed by atoms with Crippen molar-refractivity contribution in [2.24, 2.45) is 0 Å². The molecule has 0 heterocycles. The zero-order valence-corrected chi connectivity index (χ0v) is 4.87. The van der Waals surface area contributed by atoms with E-state index in [4.69, 9.17) is 0 Å². The van der Waals surface area contributed by atoms with Crippen molar-refractivity contribution in [3.05, 3.63) is 37.1 Å². The molecule has 2 radical (unpaired) electrons. The van der Waals surface area contributed by atoms with Crippen molar-refractivity contribution in [1.82, 2.24) is 0 Å². The Labute approximate surface area is 54.1 Å². The van der Waals surface area contributed by atoms with Gasteiger partial charge in [0.2, 0.25) is 6.73 Å². The van der Waals surface area contributed by atoms with Crippen molar-refractivity contribution in [1.29, 1.82) is 0 Å². The first-order valence-electron chi connectivity index (χ1n) is 2.69. The van der Waals surface area contributed by atoms with Crippen molar-refractivity contribution < 1.29 is 5.11 Å². The predicted octanol–water partition coefficient (Wildman–Crippen LogP) is 1.65.